The highest BCUT2D eigenvalue weighted by Crippen LogP contribution is 2.06. The zero-order chi connectivity index (χ0) is 11.1. The number of ether oxygens (including phenoxy) is 1. The monoisotopic (exact) mass is 210 g/mol. The Morgan fingerprint density at radius 3 is 3.00 bits per heavy atom. The quantitative estimate of drug-likeness (QED) is 0.570. The van der Waals surface area contributed by atoms with E-state index in [0.717, 1.165) is 12.8 Å². The molecule has 1 rings (SSSR count). The van der Waals surface area contributed by atoms with Gasteiger partial charge < -0.3 is 14.3 Å². The number of hydrogen-bond donors (Lipinski definition) is 1. The van der Waals surface area contributed by atoms with Crippen molar-refractivity contribution >= 4 is 0 Å². The van der Waals surface area contributed by atoms with E-state index in [0.29, 0.717) is 6.61 Å². The van der Waals surface area contributed by atoms with Crippen LogP contribution in [0.25, 0.3) is 0 Å². The smallest absolute Gasteiger partial charge is 0.227 e. The van der Waals surface area contributed by atoms with Gasteiger partial charge in [0.2, 0.25) is 11.2 Å². The van der Waals surface area contributed by atoms with Crippen molar-refractivity contribution in [3.05, 3.63) is 41.0 Å². The molecular formula is C11H14O4. The maximum absolute atomic E-state index is 11.3. The van der Waals surface area contributed by atoms with Gasteiger partial charge in [-0.05, 0) is 12.8 Å². The minimum atomic E-state index is -0.286. The highest BCUT2D eigenvalue weighted by atomic mass is 16.5. The van der Waals surface area contributed by atoms with E-state index < -0.39 is 0 Å². The minimum Gasteiger partial charge on any atom is -0.487 e. The molecule has 15 heavy (non-hydrogen) atoms. The standard InChI is InChI=1S/C11H14O4/c1-2-3-4-5-14-11-8-15-9(7-12)6-10(11)13/h2,6,8,12H,1,3-5,7H2. The van der Waals surface area contributed by atoms with Crippen molar-refractivity contribution in [3.63, 3.8) is 0 Å². The third kappa shape index (κ3) is 3.59. The van der Waals surface area contributed by atoms with Gasteiger partial charge in [0.1, 0.15) is 18.6 Å². The lowest BCUT2D eigenvalue weighted by molar-refractivity contribution is 0.237. The average molecular weight is 210 g/mol. The number of aliphatic hydroxyl groups excluding tert-OH is 1. The van der Waals surface area contributed by atoms with Gasteiger partial charge in [0, 0.05) is 6.07 Å². The SMILES string of the molecule is C=CCCCOc1coc(CO)cc1=O. The van der Waals surface area contributed by atoms with Gasteiger partial charge in [-0.25, -0.2) is 0 Å². The molecule has 0 spiro atoms. The number of unbranched alkanes of at least 4 members (excludes halogenated alkanes) is 1. The fraction of sp³-hybridized carbons (Fsp3) is 0.364. The Hall–Kier alpha value is -1.55. The maximum Gasteiger partial charge on any atom is 0.227 e. The Labute approximate surface area is 87.8 Å². The first-order valence-corrected chi connectivity index (χ1v) is 4.74. The van der Waals surface area contributed by atoms with Crippen LogP contribution in [0.3, 0.4) is 0 Å². The summed E-state index contributed by atoms with van der Waals surface area (Å²) in [6.45, 7) is 3.75. The first-order valence-electron chi connectivity index (χ1n) is 4.74. The summed E-state index contributed by atoms with van der Waals surface area (Å²) >= 11 is 0. The van der Waals surface area contributed by atoms with Crippen molar-refractivity contribution in [2.24, 2.45) is 0 Å². The summed E-state index contributed by atoms with van der Waals surface area (Å²) in [5, 5.41) is 8.71. The van der Waals surface area contributed by atoms with Crippen molar-refractivity contribution < 1.29 is 14.3 Å². The molecule has 0 atom stereocenters. The van der Waals surface area contributed by atoms with E-state index in [1.54, 1.807) is 6.08 Å². The largest absolute Gasteiger partial charge is 0.487 e. The topological polar surface area (TPSA) is 59.7 Å². The first kappa shape index (κ1) is 11.5. The molecule has 1 aromatic rings. The predicted molar refractivity (Wildman–Crippen MR) is 55.8 cm³/mol. The molecule has 0 aromatic carbocycles. The average Bonchev–Trinajstić information content (AvgIpc) is 2.26. The molecule has 1 heterocycles. The first-order chi connectivity index (χ1) is 7.27. The van der Waals surface area contributed by atoms with Crippen LogP contribution in [-0.2, 0) is 6.61 Å². The summed E-state index contributed by atoms with van der Waals surface area (Å²) in [4.78, 5) is 11.3. The fourth-order valence-electron chi connectivity index (χ4n) is 1.04. The number of hydrogen-bond acceptors (Lipinski definition) is 4. The van der Waals surface area contributed by atoms with Crippen LogP contribution in [0, 0.1) is 0 Å². The third-order valence-corrected chi connectivity index (χ3v) is 1.82. The molecule has 0 aliphatic rings. The lowest BCUT2D eigenvalue weighted by Crippen LogP contribution is -2.08. The van der Waals surface area contributed by atoms with Crippen LogP contribution in [0.2, 0.25) is 0 Å². The molecule has 82 valence electrons. The van der Waals surface area contributed by atoms with E-state index in [1.165, 1.54) is 12.3 Å². The summed E-state index contributed by atoms with van der Waals surface area (Å²) in [7, 11) is 0. The van der Waals surface area contributed by atoms with E-state index in [9.17, 15) is 4.79 Å². The van der Waals surface area contributed by atoms with Crippen molar-refractivity contribution in [1.29, 1.82) is 0 Å². The number of allylic oxidation sites excluding steroid dienone is 1. The Morgan fingerprint density at radius 2 is 2.40 bits per heavy atom. The molecule has 4 nitrogen and oxygen atoms in total. The van der Waals surface area contributed by atoms with Gasteiger partial charge >= 0.3 is 0 Å². The van der Waals surface area contributed by atoms with Gasteiger partial charge in [0.05, 0.1) is 6.61 Å². The van der Waals surface area contributed by atoms with Crippen LogP contribution in [0.4, 0.5) is 0 Å². The Balaban J connectivity index is 2.54. The molecule has 0 saturated carbocycles. The van der Waals surface area contributed by atoms with Crippen molar-refractivity contribution in [1.82, 2.24) is 0 Å². The van der Waals surface area contributed by atoms with Crippen LogP contribution in [0.5, 0.6) is 5.75 Å². The van der Waals surface area contributed by atoms with Crippen molar-refractivity contribution in [3.8, 4) is 5.75 Å². The Kier molecular flexibility index (Phi) is 4.63. The summed E-state index contributed by atoms with van der Waals surface area (Å²) in [6.07, 6.45) is 4.67. The highest BCUT2D eigenvalue weighted by Gasteiger charge is 2.03. The number of rotatable bonds is 6. The lowest BCUT2D eigenvalue weighted by Gasteiger charge is -2.03. The van der Waals surface area contributed by atoms with Gasteiger partial charge in [-0.15, -0.1) is 6.58 Å². The van der Waals surface area contributed by atoms with Gasteiger partial charge in [-0.1, -0.05) is 6.08 Å². The summed E-state index contributed by atoms with van der Waals surface area (Å²) in [5.74, 6) is 0.412. The Morgan fingerprint density at radius 1 is 1.60 bits per heavy atom. The van der Waals surface area contributed by atoms with Crippen LogP contribution in [-0.4, -0.2) is 11.7 Å². The third-order valence-electron chi connectivity index (χ3n) is 1.82. The zero-order valence-corrected chi connectivity index (χ0v) is 8.44. The molecule has 0 amide bonds. The Bertz CT molecular complexity index is 367. The van der Waals surface area contributed by atoms with Gasteiger partial charge in [-0.3, -0.25) is 4.79 Å². The molecule has 1 N–H and O–H groups in total. The van der Waals surface area contributed by atoms with Crippen LogP contribution in [0.1, 0.15) is 18.6 Å². The van der Waals surface area contributed by atoms with Crippen molar-refractivity contribution in [2.75, 3.05) is 6.61 Å². The van der Waals surface area contributed by atoms with Crippen LogP contribution >= 0.6 is 0 Å². The molecule has 0 bridgehead atoms. The molecular weight excluding hydrogens is 196 g/mol. The predicted octanol–water partition coefficient (Wildman–Crippen LogP) is 1.48. The fourth-order valence-corrected chi connectivity index (χ4v) is 1.04. The molecule has 0 aliphatic heterocycles. The molecule has 1 aromatic heterocycles. The van der Waals surface area contributed by atoms with Crippen LogP contribution in [0.15, 0.2) is 34.2 Å². The normalized spacial score (nSPS) is 9.93. The van der Waals surface area contributed by atoms with E-state index in [2.05, 4.69) is 6.58 Å². The minimum absolute atomic E-state index is 0.177. The van der Waals surface area contributed by atoms with E-state index >= 15 is 0 Å². The summed E-state index contributed by atoms with van der Waals surface area (Å²) in [6, 6.07) is 1.23. The lowest BCUT2D eigenvalue weighted by atomic mass is 10.3. The maximum atomic E-state index is 11.3. The van der Waals surface area contributed by atoms with E-state index in [-0.39, 0.29) is 23.5 Å². The second-order valence-corrected chi connectivity index (χ2v) is 3.01. The van der Waals surface area contributed by atoms with E-state index in [1.807, 2.05) is 0 Å². The van der Waals surface area contributed by atoms with E-state index in [4.69, 9.17) is 14.3 Å². The van der Waals surface area contributed by atoms with Gasteiger partial charge in [0.15, 0.2) is 0 Å². The van der Waals surface area contributed by atoms with Crippen molar-refractivity contribution in [2.45, 2.75) is 19.4 Å². The second-order valence-electron chi connectivity index (χ2n) is 3.01. The highest BCUT2D eigenvalue weighted by molar-refractivity contribution is 5.17. The summed E-state index contributed by atoms with van der Waals surface area (Å²) in [5.41, 5.74) is -0.274. The molecule has 0 aliphatic carbocycles. The zero-order valence-electron chi connectivity index (χ0n) is 8.44. The van der Waals surface area contributed by atoms with Crippen LogP contribution < -0.4 is 10.2 Å². The number of aliphatic hydroxyl groups is 1. The summed E-state index contributed by atoms with van der Waals surface area (Å²) < 4.78 is 10.2. The molecule has 0 saturated heterocycles. The molecule has 0 fully saturated rings. The molecule has 0 unspecified atom stereocenters. The van der Waals surface area contributed by atoms with Gasteiger partial charge in [-0.2, -0.15) is 0 Å². The second kappa shape index (κ2) is 6.03. The van der Waals surface area contributed by atoms with Gasteiger partial charge in [0.25, 0.3) is 0 Å². The molecule has 4 heteroatoms. The molecule has 0 radical (unpaired) electrons.